The second-order valence-electron chi connectivity index (χ2n) is 8.97. The van der Waals surface area contributed by atoms with Gasteiger partial charge in [-0.2, -0.15) is 10.4 Å². The third-order valence-corrected chi connectivity index (χ3v) is 6.62. The van der Waals surface area contributed by atoms with Crippen molar-refractivity contribution in [1.82, 2.24) is 29.7 Å². The molecule has 3 aromatic rings. The Morgan fingerprint density at radius 3 is 2.59 bits per heavy atom. The van der Waals surface area contributed by atoms with Crippen molar-refractivity contribution < 1.29 is 4.79 Å². The monoisotopic (exact) mass is 459 g/mol. The predicted molar refractivity (Wildman–Crippen MR) is 131 cm³/mol. The summed E-state index contributed by atoms with van der Waals surface area (Å²) in [6, 6.07) is 12.8. The highest BCUT2D eigenvalue weighted by Crippen LogP contribution is 2.18. The molecule has 1 aromatic carbocycles. The smallest absolute Gasteiger partial charge is 0.220 e. The fourth-order valence-corrected chi connectivity index (χ4v) is 4.62. The van der Waals surface area contributed by atoms with Crippen molar-refractivity contribution in [2.75, 3.05) is 39.3 Å². The first kappa shape index (κ1) is 23.9. The second-order valence-corrected chi connectivity index (χ2v) is 8.97. The number of hydrogen-bond acceptors (Lipinski definition) is 6. The Kier molecular flexibility index (Phi) is 7.88. The summed E-state index contributed by atoms with van der Waals surface area (Å²) < 4.78 is 1.69. The number of rotatable bonds is 9. The van der Waals surface area contributed by atoms with E-state index < -0.39 is 0 Å². The van der Waals surface area contributed by atoms with E-state index in [1.165, 1.54) is 11.8 Å². The number of carbonyl (C=O) groups excluding carboxylic acids is 1. The fourth-order valence-electron chi connectivity index (χ4n) is 4.62. The van der Waals surface area contributed by atoms with Gasteiger partial charge in [0.25, 0.3) is 0 Å². The highest BCUT2D eigenvalue weighted by atomic mass is 16.1. The molecule has 4 rings (SSSR count). The number of piperazine rings is 1. The van der Waals surface area contributed by atoms with E-state index in [1.54, 1.807) is 4.52 Å². The average molecular weight is 460 g/mol. The Morgan fingerprint density at radius 2 is 1.85 bits per heavy atom. The number of amides is 1. The molecule has 8 nitrogen and oxygen atoms in total. The number of aryl methyl sites for hydroxylation is 2. The molecular formula is C26H33N7O. The maximum absolute atomic E-state index is 12.4. The van der Waals surface area contributed by atoms with Crippen LogP contribution in [0.4, 0.5) is 0 Å². The molecule has 0 atom stereocenters. The van der Waals surface area contributed by atoms with Crippen LogP contribution in [0, 0.1) is 25.2 Å². The summed E-state index contributed by atoms with van der Waals surface area (Å²) in [5, 5.41) is 16.5. The number of carbonyl (C=O) groups is 1. The van der Waals surface area contributed by atoms with Gasteiger partial charge in [0.15, 0.2) is 5.65 Å². The number of nitrogens with zero attached hydrogens (tertiary/aromatic N) is 6. The Bertz CT molecular complexity index is 1160. The van der Waals surface area contributed by atoms with Crippen LogP contribution in [-0.4, -0.2) is 69.6 Å². The minimum Gasteiger partial charge on any atom is -0.356 e. The highest BCUT2D eigenvalue weighted by Gasteiger charge is 2.17. The van der Waals surface area contributed by atoms with Gasteiger partial charge in [-0.05, 0) is 44.4 Å². The molecule has 1 fully saturated rings. The molecule has 0 radical (unpaired) electrons. The normalized spacial score (nSPS) is 14.9. The first-order valence-electron chi connectivity index (χ1n) is 12.0. The van der Waals surface area contributed by atoms with Gasteiger partial charge in [0.05, 0.1) is 6.20 Å². The van der Waals surface area contributed by atoms with Crippen molar-refractivity contribution >= 4 is 11.6 Å². The molecule has 0 unspecified atom stereocenters. The molecule has 1 amide bonds. The van der Waals surface area contributed by atoms with Gasteiger partial charge in [-0.3, -0.25) is 9.69 Å². The second kappa shape index (κ2) is 11.2. The number of fused-ring (bicyclic) bond motifs is 1. The molecule has 3 heterocycles. The quantitative estimate of drug-likeness (QED) is 0.495. The summed E-state index contributed by atoms with van der Waals surface area (Å²) in [5.41, 5.74) is 5.21. The Morgan fingerprint density at radius 1 is 1.12 bits per heavy atom. The van der Waals surface area contributed by atoms with E-state index in [9.17, 15) is 10.1 Å². The number of aromatic nitrogens is 3. The minimum absolute atomic E-state index is 0.0600. The molecule has 1 aliphatic rings. The summed E-state index contributed by atoms with van der Waals surface area (Å²) in [5.74, 6) is 0.0600. The van der Waals surface area contributed by atoms with Crippen molar-refractivity contribution in [3.8, 4) is 6.07 Å². The van der Waals surface area contributed by atoms with Crippen LogP contribution in [0.2, 0.25) is 0 Å². The molecule has 8 heteroatoms. The molecule has 178 valence electrons. The van der Waals surface area contributed by atoms with E-state index in [0.29, 0.717) is 30.6 Å². The van der Waals surface area contributed by atoms with E-state index in [4.69, 9.17) is 0 Å². The lowest BCUT2D eigenvalue weighted by Gasteiger charge is -2.34. The summed E-state index contributed by atoms with van der Waals surface area (Å²) in [7, 11) is 0. The summed E-state index contributed by atoms with van der Waals surface area (Å²) >= 11 is 0. The molecular weight excluding hydrogens is 426 g/mol. The fraction of sp³-hybridized carbons (Fsp3) is 0.462. The molecule has 1 N–H and O–H groups in total. The van der Waals surface area contributed by atoms with Crippen LogP contribution < -0.4 is 5.32 Å². The van der Waals surface area contributed by atoms with Gasteiger partial charge in [0.1, 0.15) is 11.6 Å². The van der Waals surface area contributed by atoms with Crippen molar-refractivity contribution in [2.24, 2.45) is 0 Å². The first-order chi connectivity index (χ1) is 16.5. The van der Waals surface area contributed by atoms with E-state index in [2.05, 4.69) is 61.6 Å². The lowest BCUT2D eigenvalue weighted by Crippen LogP contribution is -2.46. The van der Waals surface area contributed by atoms with E-state index in [0.717, 1.165) is 62.6 Å². The van der Waals surface area contributed by atoms with Crippen molar-refractivity contribution in [2.45, 2.75) is 39.7 Å². The first-order valence-corrected chi connectivity index (χ1v) is 12.0. The van der Waals surface area contributed by atoms with Gasteiger partial charge in [0, 0.05) is 57.1 Å². The minimum atomic E-state index is 0.0600. The zero-order valence-electron chi connectivity index (χ0n) is 20.1. The SMILES string of the molecule is Cc1nc2c(C#N)cnn2c(C)c1CCC(=O)NCCCN1CCN(Cc2ccccc2)CC1. The lowest BCUT2D eigenvalue weighted by molar-refractivity contribution is -0.121. The van der Waals surface area contributed by atoms with Crippen LogP contribution in [0.1, 0.15) is 40.9 Å². The number of benzene rings is 1. The highest BCUT2D eigenvalue weighted by molar-refractivity contribution is 5.76. The van der Waals surface area contributed by atoms with Crippen LogP contribution in [0.15, 0.2) is 36.5 Å². The predicted octanol–water partition coefficient (Wildman–Crippen LogP) is 2.47. The van der Waals surface area contributed by atoms with Gasteiger partial charge < -0.3 is 10.2 Å². The maximum Gasteiger partial charge on any atom is 0.220 e. The molecule has 1 saturated heterocycles. The van der Waals surface area contributed by atoms with Crippen LogP contribution in [0.5, 0.6) is 0 Å². The summed E-state index contributed by atoms with van der Waals surface area (Å²) in [6.07, 6.45) is 3.52. The average Bonchev–Trinajstić information content (AvgIpc) is 3.26. The zero-order valence-corrected chi connectivity index (χ0v) is 20.1. The largest absolute Gasteiger partial charge is 0.356 e. The van der Waals surface area contributed by atoms with Crippen molar-refractivity contribution in [1.29, 1.82) is 5.26 Å². The third-order valence-electron chi connectivity index (χ3n) is 6.62. The molecule has 34 heavy (non-hydrogen) atoms. The molecule has 0 aliphatic carbocycles. The number of nitriles is 1. The van der Waals surface area contributed by atoms with Crippen molar-refractivity contribution in [3.63, 3.8) is 0 Å². The van der Waals surface area contributed by atoms with Gasteiger partial charge in [-0.25, -0.2) is 9.50 Å². The summed E-state index contributed by atoms with van der Waals surface area (Å²) in [4.78, 5) is 21.9. The molecule has 0 saturated carbocycles. The van der Waals surface area contributed by atoms with Crippen molar-refractivity contribution in [3.05, 3.63) is 64.6 Å². The topological polar surface area (TPSA) is 89.6 Å². The Hall–Kier alpha value is -3.28. The van der Waals surface area contributed by atoms with Gasteiger partial charge in [-0.1, -0.05) is 30.3 Å². The standard InChI is InChI=1S/C26H33N7O/c1-20-24(21(2)33-26(30-20)23(17-27)18-29-33)9-10-25(34)28-11-6-12-31-13-15-32(16-14-31)19-22-7-4-3-5-8-22/h3-5,7-8,18H,6,9-16,19H2,1-2H3,(H,28,34). The van der Waals surface area contributed by atoms with Crippen LogP contribution in [-0.2, 0) is 17.8 Å². The third kappa shape index (κ3) is 5.79. The number of hydrogen-bond donors (Lipinski definition) is 1. The van der Waals surface area contributed by atoms with E-state index in [-0.39, 0.29) is 5.91 Å². The molecule has 0 spiro atoms. The molecule has 0 bridgehead atoms. The molecule has 2 aromatic heterocycles. The Balaban J connectivity index is 1.15. The van der Waals surface area contributed by atoms with Gasteiger partial charge in [0.2, 0.25) is 5.91 Å². The van der Waals surface area contributed by atoms with Gasteiger partial charge >= 0.3 is 0 Å². The van der Waals surface area contributed by atoms with E-state index in [1.807, 2.05) is 13.8 Å². The van der Waals surface area contributed by atoms with Gasteiger partial charge in [-0.15, -0.1) is 0 Å². The van der Waals surface area contributed by atoms with Crippen LogP contribution in [0.25, 0.3) is 5.65 Å². The summed E-state index contributed by atoms with van der Waals surface area (Å²) in [6.45, 7) is 10.9. The number of nitrogens with one attached hydrogen (secondary N) is 1. The van der Waals surface area contributed by atoms with E-state index >= 15 is 0 Å². The zero-order chi connectivity index (χ0) is 23.9. The maximum atomic E-state index is 12.4. The molecule has 1 aliphatic heterocycles. The van der Waals surface area contributed by atoms with Crippen LogP contribution >= 0.6 is 0 Å². The van der Waals surface area contributed by atoms with Crippen LogP contribution in [0.3, 0.4) is 0 Å². The Labute approximate surface area is 201 Å². The lowest BCUT2D eigenvalue weighted by atomic mass is 10.1.